The van der Waals surface area contributed by atoms with Crippen LogP contribution in [0.15, 0.2) is 130 Å². The van der Waals surface area contributed by atoms with Gasteiger partial charge in [0.25, 0.3) is 0 Å². The Labute approximate surface area is 321 Å². The number of hydrogen-bond donors (Lipinski definition) is 0. The Morgan fingerprint density at radius 2 is 0.821 bits per heavy atom. The van der Waals surface area contributed by atoms with Crippen LogP contribution in [0.5, 0.6) is 0 Å². The summed E-state index contributed by atoms with van der Waals surface area (Å²) in [5.41, 5.74) is 11.3. The summed E-state index contributed by atoms with van der Waals surface area (Å²) in [6, 6.07) is 46.8. The van der Waals surface area contributed by atoms with E-state index in [4.69, 9.17) is 8.83 Å². The van der Waals surface area contributed by atoms with Crippen LogP contribution in [0.4, 0.5) is 0 Å². The van der Waals surface area contributed by atoms with Crippen LogP contribution in [0.2, 0.25) is 0 Å². The quantitative estimate of drug-likeness (QED) is 0.181. The maximum Gasteiger partial charge on any atom is 0.137 e. The number of nitrogens with zero attached hydrogens (tertiary/aromatic N) is 4. The minimum Gasteiger partial charge on any atom is -0.456 e. The van der Waals surface area contributed by atoms with E-state index in [2.05, 4.69) is 116 Å². The van der Waals surface area contributed by atoms with Gasteiger partial charge in [-0.15, -0.1) is 0 Å². The van der Waals surface area contributed by atoms with Gasteiger partial charge >= 0.3 is 0 Å². The number of fused-ring (bicyclic) bond motifs is 14. The maximum atomic E-state index is 11.6. The van der Waals surface area contributed by atoms with Gasteiger partial charge in [-0.05, 0) is 71.5 Å². The van der Waals surface area contributed by atoms with Crippen molar-refractivity contribution in [3.8, 4) is 23.5 Å². The molecule has 6 nitrogen and oxygen atoms in total. The van der Waals surface area contributed by atoms with E-state index in [0.29, 0.717) is 16.8 Å². The second kappa shape index (κ2) is 11.6. The molecule has 266 valence electrons. The lowest BCUT2D eigenvalue weighted by Gasteiger charge is -2.28. The molecule has 4 heterocycles. The Hall–Kier alpha value is -7.28. The van der Waals surface area contributed by atoms with Gasteiger partial charge in [0.1, 0.15) is 34.5 Å². The van der Waals surface area contributed by atoms with Crippen LogP contribution < -0.4 is 0 Å². The standard InChI is InChI=1S/C50H34N4O2/c1-27(2)43-35(25-51)47(53-37-17-9-5-13-29(37)31-21-23-41-45(48(31)53)33-15-7-11-19-39(33)55-41)36(26-52)44(28(3)4)50(43)54-38-18-10-6-14-30(38)32-22-24-42-46(49(32)54)34-16-8-12-20-40(34)56-42/h5-24,27-28H,1-4H3. The van der Waals surface area contributed by atoms with Crippen LogP contribution in [0.3, 0.4) is 0 Å². The zero-order valence-electron chi connectivity index (χ0n) is 31.3. The molecule has 56 heavy (non-hydrogen) atoms. The molecular formula is C50H34N4O2. The van der Waals surface area contributed by atoms with E-state index in [-0.39, 0.29) is 11.8 Å². The minimum absolute atomic E-state index is 0.0944. The van der Waals surface area contributed by atoms with E-state index >= 15 is 0 Å². The molecule has 0 spiro atoms. The van der Waals surface area contributed by atoms with Crippen LogP contribution in [0, 0.1) is 22.7 Å². The maximum absolute atomic E-state index is 11.6. The summed E-state index contributed by atoms with van der Waals surface area (Å²) in [4.78, 5) is 0. The van der Waals surface area contributed by atoms with Crippen LogP contribution in [-0.4, -0.2) is 9.13 Å². The van der Waals surface area contributed by atoms with Gasteiger partial charge < -0.3 is 18.0 Å². The van der Waals surface area contributed by atoms with Crippen molar-refractivity contribution in [2.24, 2.45) is 0 Å². The van der Waals surface area contributed by atoms with E-state index in [1.165, 1.54) is 0 Å². The smallest absolute Gasteiger partial charge is 0.137 e. The van der Waals surface area contributed by atoms with Crippen molar-refractivity contribution in [3.63, 3.8) is 0 Å². The lowest BCUT2D eigenvalue weighted by Crippen LogP contribution is -2.16. The molecule has 0 saturated heterocycles. The molecule has 4 aromatic heterocycles. The first kappa shape index (κ1) is 32.2. The Balaban J connectivity index is 1.40. The normalized spacial score (nSPS) is 12.2. The van der Waals surface area contributed by atoms with Crippen LogP contribution in [-0.2, 0) is 0 Å². The summed E-state index contributed by atoms with van der Waals surface area (Å²) < 4.78 is 17.4. The summed E-state index contributed by atoms with van der Waals surface area (Å²) in [5.74, 6) is -0.189. The molecule has 0 aliphatic rings. The molecule has 0 aliphatic carbocycles. The van der Waals surface area contributed by atoms with Gasteiger partial charge in [-0.25, -0.2) is 0 Å². The number of rotatable bonds is 4. The predicted molar refractivity (Wildman–Crippen MR) is 227 cm³/mol. The van der Waals surface area contributed by atoms with Gasteiger partial charge in [-0.3, -0.25) is 0 Å². The van der Waals surface area contributed by atoms with Gasteiger partial charge in [-0.1, -0.05) is 100 Å². The Kier molecular flexibility index (Phi) is 6.67. The van der Waals surface area contributed by atoms with Crippen molar-refractivity contribution >= 4 is 87.5 Å². The highest BCUT2D eigenvalue weighted by atomic mass is 16.3. The van der Waals surface area contributed by atoms with Crippen molar-refractivity contribution in [2.75, 3.05) is 0 Å². The van der Waals surface area contributed by atoms with Crippen molar-refractivity contribution in [1.82, 2.24) is 9.13 Å². The molecule has 0 N–H and O–H groups in total. The third kappa shape index (κ3) is 4.08. The van der Waals surface area contributed by atoms with Crippen LogP contribution in [0.1, 0.15) is 61.8 Å². The molecule has 11 aromatic rings. The summed E-state index contributed by atoms with van der Waals surface area (Å²) >= 11 is 0. The van der Waals surface area contributed by atoms with Crippen LogP contribution >= 0.6 is 0 Å². The first-order valence-corrected chi connectivity index (χ1v) is 19.1. The summed E-state index contributed by atoms with van der Waals surface area (Å²) in [7, 11) is 0. The zero-order chi connectivity index (χ0) is 38.0. The second-order valence-corrected chi connectivity index (χ2v) is 15.4. The first-order chi connectivity index (χ1) is 27.4. The van der Waals surface area contributed by atoms with Gasteiger partial charge in [0.2, 0.25) is 0 Å². The van der Waals surface area contributed by atoms with Gasteiger partial charge in [0, 0.05) is 32.3 Å². The lowest BCUT2D eigenvalue weighted by molar-refractivity contribution is 0.669. The average Bonchev–Trinajstić information content (AvgIpc) is 3.96. The van der Waals surface area contributed by atoms with Crippen molar-refractivity contribution < 1.29 is 8.83 Å². The van der Waals surface area contributed by atoms with Crippen molar-refractivity contribution in [3.05, 3.63) is 144 Å². The fraction of sp³-hybridized carbons (Fsp3) is 0.120. The molecule has 0 fully saturated rings. The largest absolute Gasteiger partial charge is 0.456 e. The molecule has 0 unspecified atom stereocenters. The highest BCUT2D eigenvalue weighted by molar-refractivity contribution is 6.26. The molecule has 0 aliphatic heterocycles. The third-order valence-electron chi connectivity index (χ3n) is 11.7. The molecule has 6 heteroatoms. The number of para-hydroxylation sites is 4. The first-order valence-electron chi connectivity index (χ1n) is 19.1. The van der Waals surface area contributed by atoms with Crippen molar-refractivity contribution in [1.29, 1.82) is 10.5 Å². The minimum atomic E-state index is -0.0944. The molecule has 0 atom stereocenters. The van der Waals surface area contributed by atoms with Crippen LogP contribution in [0.25, 0.3) is 98.9 Å². The summed E-state index contributed by atoms with van der Waals surface area (Å²) in [6.45, 7) is 8.63. The zero-order valence-corrected chi connectivity index (χ0v) is 31.3. The summed E-state index contributed by atoms with van der Waals surface area (Å²) in [5, 5.41) is 31.4. The SMILES string of the molecule is CC(C)c1c(C#N)c(-n2c3ccccc3c3ccc4oc5ccccc5c4c32)c(C#N)c(C(C)C)c1-n1c2ccccc2c2ccc3oc4ccccc4c3c21. The Morgan fingerprint density at radius 3 is 1.25 bits per heavy atom. The highest BCUT2D eigenvalue weighted by Gasteiger charge is 2.33. The number of furan rings is 2. The molecule has 0 bridgehead atoms. The van der Waals surface area contributed by atoms with E-state index in [1.54, 1.807) is 0 Å². The van der Waals surface area contributed by atoms with Crippen molar-refractivity contribution in [2.45, 2.75) is 39.5 Å². The molecule has 0 amide bonds. The number of aromatic nitrogens is 2. The summed E-state index contributed by atoms with van der Waals surface area (Å²) in [6.07, 6.45) is 0. The van der Waals surface area contributed by atoms with E-state index in [9.17, 15) is 10.5 Å². The number of hydrogen-bond acceptors (Lipinski definition) is 4. The van der Waals surface area contributed by atoms with Gasteiger partial charge in [0.05, 0.1) is 55.3 Å². The number of benzene rings is 7. The lowest BCUT2D eigenvalue weighted by atomic mass is 9.83. The van der Waals surface area contributed by atoms with E-state index < -0.39 is 0 Å². The third-order valence-corrected chi connectivity index (χ3v) is 11.7. The van der Waals surface area contributed by atoms with Gasteiger partial charge in [-0.2, -0.15) is 10.5 Å². The Bertz CT molecular complexity index is 3530. The second-order valence-electron chi connectivity index (χ2n) is 15.4. The number of nitriles is 2. The predicted octanol–water partition coefficient (Wildman–Crippen LogP) is 13.7. The molecular weight excluding hydrogens is 689 g/mol. The molecule has 0 saturated carbocycles. The fourth-order valence-electron chi connectivity index (χ4n) is 9.57. The molecule has 7 aromatic carbocycles. The fourth-order valence-corrected chi connectivity index (χ4v) is 9.57. The topological polar surface area (TPSA) is 83.7 Å². The van der Waals surface area contributed by atoms with E-state index in [1.807, 2.05) is 54.6 Å². The average molecular weight is 723 g/mol. The monoisotopic (exact) mass is 722 g/mol. The van der Waals surface area contributed by atoms with E-state index in [0.717, 1.165) is 104 Å². The molecule has 0 radical (unpaired) electrons. The van der Waals surface area contributed by atoms with Gasteiger partial charge in [0.15, 0.2) is 0 Å². The highest BCUT2D eigenvalue weighted by Crippen LogP contribution is 2.49. The Morgan fingerprint density at radius 1 is 0.429 bits per heavy atom. The molecule has 11 rings (SSSR count).